The number of carbonyl (C=O) groups excluding carboxylic acids is 1. The number of carboxylic acid groups (broad SMARTS) is 1. The van der Waals surface area contributed by atoms with Gasteiger partial charge in [0.15, 0.2) is 0 Å². The molecule has 1 N–H and O–H groups in total. The first-order valence-corrected chi connectivity index (χ1v) is 7.75. The van der Waals surface area contributed by atoms with Crippen LogP contribution in [0.5, 0.6) is 0 Å². The molecular weight excluding hydrogens is 288 g/mol. The average molecular weight is 308 g/mol. The molecule has 6 heteroatoms. The number of aliphatic carboxylic acids is 1. The first kappa shape index (κ1) is 15.7. The molecule has 1 atom stereocenters. The second-order valence-corrected chi connectivity index (χ2v) is 6.50. The van der Waals surface area contributed by atoms with Crippen LogP contribution in [0.3, 0.4) is 0 Å². The second-order valence-electron chi connectivity index (χ2n) is 5.38. The van der Waals surface area contributed by atoms with Crippen molar-refractivity contribution in [1.29, 1.82) is 0 Å². The molecule has 1 unspecified atom stereocenters. The van der Waals surface area contributed by atoms with Crippen molar-refractivity contribution in [3.8, 4) is 0 Å². The lowest BCUT2D eigenvalue weighted by molar-refractivity contribution is -0.131. The van der Waals surface area contributed by atoms with Gasteiger partial charge in [-0.3, -0.25) is 4.79 Å². The fraction of sp³-hybridized carbons (Fsp3) is 0.467. The molecule has 114 valence electrons. The van der Waals surface area contributed by atoms with Crippen LogP contribution in [0.1, 0.15) is 27.4 Å². The number of thiophene rings is 1. The highest BCUT2D eigenvalue weighted by Crippen LogP contribution is 2.22. The maximum absolute atomic E-state index is 12.5. The molecule has 1 fully saturated rings. The summed E-state index contributed by atoms with van der Waals surface area (Å²) >= 11 is 1.33. The van der Waals surface area contributed by atoms with E-state index in [0.29, 0.717) is 10.9 Å². The Labute approximate surface area is 128 Å². The second kappa shape index (κ2) is 6.87. The molecule has 1 aliphatic rings. The van der Waals surface area contributed by atoms with Crippen molar-refractivity contribution >= 4 is 29.3 Å². The molecule has 1 aromatic rings. The van der Waals surface area contributed by atoms with E-state index in [1.54, 1.807) is 12.1 Å². The fourth-order valence-electron chi connectivity index (χ4n) is 2.43. The van der Waals surface area contributed by atoms with E-state index in [1.807, 2.05) is 19.0 Å². The van der Waals surface area contributed by atoms with Crippen LogP contribution in [0.25, 0.3) is 6.08 Å². The molecule has 2 heterocycles. The van der Waals surface area contributed by atoms with E-state index in [2.05, 4.69) is 4.90 Å². The number of piperidine rings is 1. The van der Waals surface area contributed by atoms with Crippen molar-refractivity contribution in [2.75, 3.05) is 27.2 Å². The summed E-state index contributed by atoms with van der Waals surface area (Å²) in [6.07, 6.45) is 4.74. The van der Waals surface area contributed by atoms with Crippen molar-refractivity contribution in [3.63, 3.8) is 0 Å². The zero-order valence-electron chi connectivity index (χ0n) is 12.3. The molecule has 1 aromatic heterocycles. The van der Waals surface area contributed by atoms with Gasteiger partial charge in [0.05, 0.1) is 4.88 Å². The fourth-order valence-corrected chi connectivity index (χ4v) is 3.31. The molecule has 21 heavy (non-hydrogen) atoms. The van der Waals surface area contributed by atoms with E-state index >= 15 is 0 Å². The van der Waals surface area contributed by atoms with Crippen LogP contribution in [0.4, 0.5) is 0 Å². The van der Waals surface area contributed by atoms with Gasteiger partial charge in [-0.05, 0) is 45.1 Å². The minimum Gasteiger partial charge on any atom is -0.478 e. The zero-order valence-corrected chi connectivity index (χ0v) is 13.1. The number of carbonyl (C=O) groups is 2. The van der Waals surface area contributed by atoms with Crippen LogP contribution in [-0.2, 0) is 4.79 Å². The van der Waals surface area contributed by atoms with E-state index in [4.69, 9.17) is 5.11 Å². The van der Waals surface area contributed by atoms with Crippen LogP contribution in [0.2, 0.25) is 0 Å². The molecule has 1 amide bonds. The monoisotopic (exact) mass is 308 g/mol. The summed E-state index contributed by atoms with van der Waals surface area (Å²) in [5.74, 6) is -0.942. The van der Waals surface area contributed by atoms with Crippen LogP contribution in [-0.4, -0.2) is 60.0 Å². The number of amides is 1. The summed E-state index contributed by atoms with van der Waals surface area (Å²) in [7, 11) is 4.08. The number of rotatable bonds is 4. The molecule has 0 aromatic carbocycles. The smallest absolute Gasteiger partial charge is 0.328 e. The number of hydrogen-bond acceptors (Lipinski definition) is 4. The first-order valence-electron chi connectivity index (χ1n) is 6.94. The van der Waals surface area contributed by atoms with Gasteiger partial charge in [0.1, 0.15) is 0 Å². The summed E-state index contributed by atoms with van der Waals surface area (Å²) in [5.41, 5.74) is 0. The topological polar surface area (TPSA) is 60.9 Å². The van der Waals surface area contributed by atoms with Crippen molar-refractivity contribution in [2.45, 2.75) is 18.9 Å². The minimum atomic E-state index is -0.985. The maximum atomic E-state index is 12.5. The van der Waals surface area contributed by atoms with Crippen LogP contribution in [0.15, 0.2) is 18.2 Å². The van der Waals surface area contributed by atoms with Crippen LogP contribution >= 0.6 is 11.3 Å². The molecule has 0 bridgehead atoms. The van der Waals surface area contributed by atoms with Gasteiger partial charge in [-0.25, -0.2) is 4.79 Å². The van der Waals surface area contributed by atoms with E-state index in [-0.39, 0.29) is 5.91 Å². The molecule has 5 nitrogen and oxygen atoms in total. The van der Waals surface area contributed by atoms with E-state index < -0.39 is 5.97 Å². The van der Waals surface area contributed by atoms with Gasteiger partial charge in [-0.15, -0.1) is 11.3 Å². The summed E-state index contributed by atoms with van der Waals surface area (Å²) in [6, 6.07) is 3.97. The van der Waals surface area contributed by atoms with Gasteiger partial charge in [0.25, 0.3) is 5.91 Å². The van der Waals surface area contributed by atoms with E-state index in [0.717, 1.165) is 36.9 Å². The molecular formula is C15H20N2O3S. The van der Waals surface area contributed by atoms with Crippen molar-refractivity contribution in [1.82, 2.24) is 9.80 Å². The molecule has 0 saturated carbocycles. The number of hydrogen-bond donors (Lipinski definition) is 1. The normalized spacial score (nSPS) is 19.4. The summed E-state index contributed by atoms with van der Waals surface area (Å²) in [4.78, 5) is 28.5. The Kier molecular flexibility index (Phi) is 5.14. The maximum Gasteiger partial charge on any atom is 0.328 e. The van der Waals surface area contributed by atoms with E-state index in [1.165, 1.54) is 17.4 Å². The lowest BCUT2D eigenvalue weighted by Gasteiger charge is -2.35. The van der Waals surface area contributed by atoms with Gasteiger partial charge in [0, 0.05) is 30.1 Å². The molecule has 1 aliphatic heterocycles. The highest BCUT2D eigenvalue weighted by molar-refractivity contribution is 7.14. The Morgan fingerprint density at radius 3 is 2.86 bits per heavy atom. The Balaban J connectivity index is 2.04. The molecule has 0 spiro atoms. The highest BCUT2D eigenvalue weighted by atomic mass is 32.1. The first-order chi connectivity index (χ1) is 9.97. The lowest BCUT2D eigenvalue weighted by Crippen LogP contribution is -2.47. The standard InChI is InChI=1S/C15H20N2O3S/c1-16(2)11-4-3-9-17(10-11)15(20)13-7-5-12(21-13)6-8-14(18)19/h5-8,11H,3-4,9-10H2,1-2H3,(H,18,19). The zero-order chi connectivity index (χ0) is 15.4. The van der Waals surface area contributed by atoms with Gasteiger partial charge >= 0.3 is 5.97 Å². The van der Waals surface area contributed by atoms with Crippen LogP contribution in [0, 0.1) is 0 Å². The third kappa shape index (κ3) is 4.15. The predicted molar refractivity (Wildman–Crippen MR) is 83.6 cm³/mol. The quantitative estimate of drug-likeness (QED) is 0.864. The largest absolute Gasteiger partial charge is 0.478 e. The number of likely N-dealkylation sites (tertiary alicyclic amines) is 1. The third-order valence-electron chi connectivity index (χ3n) is 3.64. The van der Waals surface area contributed by atoms with Gasteiger partial charge in [0.2, 0.25) is 0 Å². The lowest BCUT2D eigenvalue weighted by atomic mass is 10.0. The number of likely N-dealkylation sites (N-methyl/N-ethyl adjacent to an activating group) is 1. The average Bonchev–Trinajstić information content (AvgIpc) is 2.93. The van der Waals surface area contributed by atoms with Gasteiger partial charge in [-0.1, -0.05) is 0 Å². The van der Waals surface area contributed by atoms with Gasteiger partial charge < -0.3 is 14.9 Å². The summed E-state index contributed by atoms with van der Waals surface area (Å²) < 4.78 is 0. The Morgan fingerprint density at radius 1 is 1.43 bits per heavy atom. The highest BCUT2D eigenvalue weighted by Gasteiger charge is 2.26. The SMILES string of the molecule is CN(C)C1CCCN(C(=O)c2ccc(C=CC(=O)O)s2)C1. The van der Waals surface area contributed by atoms with Crippen molar-refractivity contribution in [2.24, 2.45) is 0 Å². The number of nitrogens with zero attached hydrogens (tertiary/aromatic N) is 2. The molecule has 2 rings (SSSR count). The Morgan fingerprint density at radius 2 is 2.19 bits per heavy atom. The Bertz CT molecular complexity index is 551. The predicted octanol–water partition coefficient (Wildman–Crippen LogP) is 2.01. The van der Waals surface area contributed by atoms with Gasteiger partial charge in [-0.2, -0.15) is 0 Å². The van der Waals surface area contributed by atoms with Crippen LogP contribution < -0.4 is 0 Å². The van der Waals surface area contributed by atoms with Crippen molar-refractivity contribution < 1.29 is 14.7 Å². The summed E-state index contributed by atoms with van der Waals surface area (Å²) in [6.45, 7) is 1.55. The van der Waals surface area contributed by atoms with Crippen molar-refractivity contribution in [3.05, 3.63) is 28.0 Å². The number of carboxylic acids is 1. The van der Waals surface area contributed by atoms with E-state index in [9.17, 15) is 9.59 Å². The molecule has 1 saturated heterocycles. The third-order valence-corrected chi connectivity index (χ3v) is 4.68. The summed E-state index contributed by atoms with van der Waals surface area (Å²) in [5, 5.41) is 8.61. The Hall–Kier alpha value is -1.66. The molecule has 0 radical (unpaired) electrons. The molecule has 0 aliphatic carbocycles. The minimum absolute atomic E-state index is 0.0431.